The standard InChI is InChI=1S/C62H84N10O9S/c1-44-56(82-43-67-44)47-20-18-45(19-21-47)40-64-60(75)52-39-49(73)41-71(52)61(76)57(62(2,3)4)68-53(74)17-11-8-14-32-78-34-36-80-38-37-79-35-33-77-31-13-6-5-12-28-70-29-26-48(27-30-70)72-59-54(58(63)65-42-66-59)55(69-72)46-22-24-51(25-23-46)81-50-15-9-7-10-16-50/h7,9-10,15-16,18-25,42-43,48-49,52,57,73H,5-6,8,11-14,17,26-41H2,1-4H3,(H,64,75)(H,68,74)(H2,63,65,66)/t49-,52+,57-/m1/s1. The first-order valence-corrected chi connectivity index (χ1v) is 30.1. The number of rotatable bonds is 32. The summed E-state index contributed by atoms with van der Waals surface area (Å²) in [5, 5.41) is 22.4. The molecule has 6 aromatic rings. The average Bonchev–Trinajstić information content (AvgIpc) is 3.76. The Morgan fingerprint density at radius 3 is 2.02 bits per heavy atom. The molecule has 3 aromatic heterocycles. The minimum absolute atomic E-state index is 0.0259. The molecule has 82 heavy (non-hydrogen) atoms. The van der Waals surface area contributed by atoms with Crippen molar-refractivity contribution >= 4 is 45.9 Å². The molecule has 2 fully saturated rings. The lowest BCUT2D eigenvalue weighted by atomic mass is 9.85. The Morgan fingerprint density at radius 1 is 0.756 bits per heavy atom. The second kappa shape index (κ2) is 31.3. The molecule has 2 saturated heterocycles. The molecule has 0 saturated carbocycles. The van der Waals surface area contributed by atoms with Crippen molar-refractivity contribution in [2.24, 2.45) is 5.41 Å². The summed E-state index contributed by atoms with van der Waals surface area (Å²) in [5.74, 6) is 1.03. The summed E-state index contributed by atoms with van der Waals surface area (Å²) in [6, 6.07) is 24.1. The summed E-state index contributed by atoms with van der Waals surface area (Å²) in [6.45, 7) is 15.4. The zero-order chi connectivity index (χ0) is 57.7. The van der Waals surface area contributed by atoms with Gasteiger partial charge in [0.15, 0.2) is 5.65 Å². The van der Waals surface area contributed by atoms with Gasteiger partial charge in [-0.2, -0.15) is 5.10 Å². The van der Waals surface area contributed by atoms with E-state index in [0.717, 1.165) is 120 Å². The molecule has 2 aliphatic heterocycles. The first-order valence-electron chi connectivity index (χ1n) is 29.2. The number of hydrogen-bond donors (Lipinski definition) is 4. The maximum absolute atomic E-state index is 14.0. The lowest BCUT2D eigenvalue weighted by molar-refractivity contribution is -0.144. The molecule has 5 N–H and O–H groups in total. The van der Waals surface area contributed by atoms with E-state index in [2.05, 4.69) is 35.2 Å². The van der Waals surface area contributed by atoms with Crippen LogP contribution in [-0.2, 0) is 39.9 Å². The normalized spacial score (nSPS) is 16.4. The van der Waals surface area contributed by atoms with Gasteiger partial charge in [0.25, 0.3) is 0 Å². The minimum atomic E-state index is -0.865. The third-order valence-corrected chi connectivity index (χ3v) is 16.0. The Balaban J connectivity index is 0.597. The molecular weight excluding hydrogens is 1060 g/mol. The summed E-state index contributed by atoms with van der Waals surface area (Å²) in [7, 11) is 0. The van der Waals surface area contributed by atoms with Crippen molar-refractivity contribution in [2.75, 3.05) is 84.8 Å². The first-order chi connectivity index (χ1) is 39.8. The first kappa shape index (κ1) is 61.7. The number of benzene rings is 3. The number of anilines is 1. The van der Waals surface area contributed by atoms with Crippen LogP contribution in [-0.4, -0.2) is 155 Å². The molecule has 8 rings (SSSR count). The molecule has 0 spiro atoms. The number of unbranched alkanes of at least 4 members (excludes halogenated alkanes) is 5. The Kier molecular flexibility index (Phi) is 23.6. The fraction of sp³-hybridized carbons (Fsp3) is 0.532. The molecule has 2 aliphatic rings. The number of hydrogen-bond acceptors (Lipinski definition) is 16. The van der Waals surface area contributed by atoms with Gasteiger partial charge >= 0.3 is 0 Å². The van der Waals surface area contributed by atoms with Crippen LogP contribution in [0, 0.1) is 12.3 Å². The molecule has 19 nitrogen and oxygen atoms in total. The second-order valence-corrected chi connectivity index (χ2v) is 23.2. The summed E-state index contributed by atoms with van der Waals surface area (Å²) in [5.41, 5.74) is 13.1. The molecule has 3 amide bonds. The maximum atomic E-state index is 14.0. The number of likely N-dealkylation sites (tertiary alicyclic amines) is 2. The molecule has 5 heterocycles. The highest BCUT2D eigenvalue weighted by Crippen LogP contribution is 2.36. The SMILES string of the molecule is Cc1ncsc1-c1ccc(CNC(=O)[C@@H]2C[C@@H](O)CN2C(=O)[C@@H](NC(=O)CCCCCOCCOCCOCCOCCCCCCN2CCC(n3nc(-c4ccc(Oc5ccccc5)cc4)c4c(N)ncnc43)CC2)C(C)(C)C)cc1. The van der Waals surface area contributed by atoms with Crippen LogP contribution in [0.1, 0.15) is 109 Å². The molecule has 0 bridgehead atoms. The predicted molar refractivity (Wildman–Crippen MR) is 318 cm³/mol. The fourth-order valence-corrected chi connectivity index (χ4v) is 11.3. The van der Waals surface area contributed by atoms with E-state index in [-0.39, 0.29) is 49.7 Å². The van der Waals surface area contributed by atoms with Crippen molar-refractivity contribution in [3.8, 4) is 33.2 Å². The summed E-state index contributed by atoms with van der Waals surface area (Å²) >= 11 is 1.58. The number of ether oxygens (including phenoxy) is 5. The highest BCUT2D eigenvalue weighted by atomic mass is 32.1. The van der Waals surface area contributed by atoms with Gasteiger partial charge in [-0.3, -0.25) is 14.4 Å². The van der Waals surface area contributed by atoms with E-state index in [9.17, 15) is 19.5 Å². The van der Waals surface area contributed by atoms with Gasteiger partial charge in [0.05, 0.1) is 73.3 Å². The minimum Gasteiger partial charge on any atom is -0.457 e. The smallest absolute Gasteiger partial charge is 0.246 e. The van der Waals surface area contributed by atoms with Crippen LogP contribution in [0.2, 0.25) is 0 Å². The van der Waals surface area contributed by atoms with E-state index in [1.165, 1.54) is 24.1 Å². The van der Waals surface area contributed by atoms with Gasteiger partial charge in [-0.15, -0.1) is 11.3 Å². The number of nitrogens with two attached hydrogens (primary N) is 1. The second-order valence-electron chi connectivity index (χ2n) is 22.4. The largest absolute Gasteiger partial charge is 0.457 e. The number of aromatic nitrogens is 5. The quantitative estimate of drug-likeness (QED) is 0.0289. The number of para-hydroxylation sites is 1. The van der Waals surface area contributed by atoms with Gasteiger partial charge in [0, 0.05) is 57.8 Å². The molecule has 3 atom stereocenters. The number of carbonyl (C=O) groups excluding carboxylic acids is 3. The fourth-order valence-electron chi connectivity index (χ4n) is 10.5. The van der Waals surface area contributed by atoms with E-state index in [0.29, 0.717) is 58.5 Å². The number of nitrogen functional groups attached to an aromatic ring is 1. The number of β-amino-alcohol motifs (C(OH)–C–C–N with tert-alkyl or cyclic N) is 1. The lowest BCUT2D eigenvalue weighted by Crippen LogP contribution is -2.57. The highest BCUT2D eigenvalue weighted by molar-refractivity contribution is 7.13. The molecule has 0 radical (unpaired) electrons. The number of piperidine rings is 1. The van der Waals surface area contributed by atoms with Crippen LogP contribution >= 0.6 is 11.3 Å². The Morgan fingerprint density at radius 2 is 1.38 bits per heavy atom. The zero-order valence-electron chi connectivity index (χ0n) is 48.3. The van der Waals surface area contributed by atoms with Crippen molar-refractivity contribution < 1.29 is 43.2 Å². The van der Waals surface area contributed by atoms with E-state index in [4.69, 9.17) is 34.5 Å². The van der Waals surface area contributed by atoms with Gasteiger partial charge < -0.3 is 55.0 Å². The molecule has 3 aromatic carbocycles. The Labute approximate surface area is 486 Å². The zero-order valence-corrected chi connectivity index (χ0v) is 49.1. The van der Waals surface area contributed by atoms with Crippen molar-refractivity contribution in [2.45, 2.75) is 129 Å². The number of aliphatic hydroxyl groups excluding tert-OH is 1. The molecule has 0 aliphatic carbocycles. The lowest BCUT2D eigenvalue weighted by Gasteiger charge is -2.35. The summed E-state index contributed by atoms with van der Waals surface area (Å²) in [6.07, 6.45) is 9.81. The van der Waals surface area contributed by atoms with Gasteiger partial charge in [-0.1, -0.05) is 82.5 Å². The Hall–Kier alpha value is -6.39. The number of aryl methyl sites for hydroxylation is 1. The number of thiazole rings is 1. The number of nitrogens with zero attached hydrogens (tertiary/aromatic N) is 7. The number of aliphatic hydroxyl groups is 1. The maximum Gasteiger partial charge on any atom is 0.246 e. The van der Waals surface area contributed by atoms with Crippen LogP contribution in [0.15, 0.2) is 90.7 Å². The van der Waals surface area contributed by atoms with Crippen LogP contribution < -0.4 is 21.1 Å². The Bertz CT molecular complexity index is 2910. The number of nitrogens with one attached hydrogen (secondary N) is 2. The van der Waals surface area contributed by atoms with E-state index in [1.54, 1.807) is 11.3 Å². The van der Waals surface area contributed by atoms with Gasteiger partial charge in [-0.25, -0.2) is 19.6 Å². The molecule has 442 valence electrons. The summed E-state index contributed by atoms with van der Waals surface area (Å²) < 4.78 is 31.0. The van der Waals surface area contributed by atoms with Crippen molar-refractivity contribution in [3.05, 3.63) is 102 Å². The molecular formula is C62H84N10O9S. The van der Waals surface area contributed by atoms with Gasteiger partial charge in [0.2, 0.25) is 17.7 Å². The number of amides is 3. The third kappa shape index (κ3) is 18.1. The van der Waals surface area contributed by atoms with E-state index in [1.807, 2.05) is 112 Å². The molecule has 20 heteroatoms. The number of fused-ring (bicyclic) bond motifs is 1. The van der Waals surface area contributed by atoms with E-state index < -0.39 is 23.6 Å². The van der Waals surface area contributed by atoms with Crippen LogP contribution in [0.4, 0.5) is 5.82 Å². The topological polar surface area (TPSA) is 231 Å². The van der Waals surface area contributed by atoms with Gasteiger partial charge in [0.1, 0.15) is 41.4 Å². The van der Waals surface area contributed by atoms with E-state index >= 15 is 0 Å². The summed E-state index contributed by atoms with van der Waals surface area (Å²) in [4.78, 5) is 58.9. The van der Waals surface area contributed by atoms with Crippen molar-refractivity contribution in [1.82, 2.24) is 45.2 Å². The molecule has 0 unspecified atom stereocenters. The van der Waals surface area contributed by atoms with Crippen molar-refractivity contribution in [3.63, 3.8) is 0 Å². The third-order valence-electron chi connectivity index (χ3n) is 15.1. The average molecular weight is 1150 g/mol. The van der Waals surface area contributed by atoms with Gasteiger partial charge in [-0.05, 0) is 105 Å². The van der Waals surface area contributed by atoms with Crippen LogP contribution in [0.5, 0.6) is 11.5 Å². The monoisotopic (exact) mass is 1140 g/mol. The van der Waals surface area contributed by atoms with Crippen LogP contribution in [0.3, 0.4) is 0 Å². The van der Waals surface area contributed by atoms with Crippen LogP contribution in [0.25, 0.3) is 32.7 Å². The van der Waals surface area contributed by atoms with Crippen molar-refractivity contribution in [1.29, 1.82) is 0 Å². The number of carbonyl (C=O) groups is 3. The highest BCUT2D eigenvalue weighted by Gasteiger charge is 2.44. The predicted octanol–water partition coefficient (Wildman–Crippen LogP) is 8.93.